The molecule has 0 unspecified atom stereocenters. The molecule has 142 valence electrons. The van der Waals surface area contributed by atoms with Gasteiger partial charge in [-0.3, -0.25) is 9.88 Å². The molecule has 0 spiro atoms. The van der Waals surface area contributed by atoms with Crippen molar-refractivity contribution in [3.05, 3.63) is 29.6 Å². The van der Waals surface area contributed by atoms with Crippen molar-refractivity contribution in [2.45, 2.75) is 78.7 Å². The minimum Gasteiger partial charge on any atom is -0.382 e. The van der Waals surface area contributed by atoms with E-state index in [9.17, 15) is 0 Å². The van der Waals surface area contributed by atoms with Gasteiger partial charge in [0.15, 0.2) is 0 Å². The number of unbranched alkanes of at least 4 members (excludes halogenated alkanes) is 2. The molecule has 1 aromatic heterocycles. The van der Waals surface area contributed by atoms with Gasteiger partial charge in [0.25, 0.3) is 0 Å². The van der Waals surface area contributed by atoms with E-state index in [1.807, 2.05) is 0 Å². The topological polar surface area (TPSA) is 25.4 Å². The summed E-state index contributed by atoms with van der Waals surface area (Å²) in [5.74, 6) is 0. The summed E-state index contributed by atoms with van der Waals surface area (Å²) in [6.45, 7) is 15.2. The van der Waals surface area contributed by atoms with E-state index in [-0.39, 0.29) is 5.54 Å². The van der Waals surface area contributed by atoms with Crippen LogP contribution in [-0.2, 0) is 10.3 Å². The van der Waals surface area contributed by atoms with Gasteiger partial charge in [-0.15, -0.1) is 0 Å². The number of pyridine rings is 1. The van der Waals surface area contributed by atoms with Gasteiger partial charge in [-0.2, -0.15) is 0 Å². The van der Waals surface area contributed by atoms with E-state index in [4.69, 9.17) is 4.74 Å². The van der Waals surface area contributed by atoms with Crippen LogP contribution in [0.1, 0.15) is 77.5 Å². The molecule has 1 aromatic rings. The molecule has 3 heteroatoms. The van der Waals surface area contributed by atoms with E-state index >= 15 is 0 Å². The van der Waals surface area contributed by atoms with Gasteiger partial charge < -0.3 is 4.74 Å². The smallest absolute Gasteiger partial charge is 0.0471 e. The molecule has 1 atom stereocenters. The molecule has 0 N–H and O–H groups in total. The summed E-state index contributed by atoms with van der Waals surface area (Å²) >= 11 is 0. The normalized spacial score (nSPS) is 21.8. The average molecular weight is 347 g/mol. The summed E-state index contributed by atoms with van der Waals surface area (Å²) in [4.78, 5) is 7.21. The van der Waals surface area contributed by atoms with E-state index in [1.165, 1.54) is 57.2 Å². The van der Waals surface area contributed by atoms with E-state index in [2.05, 4.69) is 62.8 Å². The number of ether oxygens (including phenoxy) is 1. The van der Waals surface area contributed by atoms with Gasteiger partial charge in [0.05, 0.1) is 0 Å². The SMILES string of the molecule is CCCCC[C@@]1(CCOCC)CCN(C(C)(C)c2ccc(C)nc2)C1. The van der Waals surface area contributed by atoms with Crippen molar-refractivity contribution in [2.75, 3.05) is 26.3 Å². The van der Waals surface area contributed by atoms with Gasteiger partial charge in [0.1, 0.15) is 0 Å². The van der Waals surface area contributed by atoms with Crippen molar-refractivity contribution in [2.24, 2.45) is 5.41 Å². The average Bonchev–Trinajstić information content (AvgIpc) is 3.01. The molecule has 1 aliphatic heterocycles. The molecule has 0 amide bonds. The quantitative estimate of drug-likeness (QED) is 0.536. The predicted molar refractivity (Wildman–Crippen MR) is 106 cm³/mol. The fourth-order valence-corrected chi connectivity index (χ4v) is 4.14. The lowest BCUT2D eigenvalue weighted by Gasteiger charge is -2.38. The highest BCUT2D eigenvalue weighted by Gasteiger charge is 2.42. The highest BCUT2D eigenvalue weighted by Crippen LogP contribution is 2.43. The maximum Gasteiger partial charge on any atom is 0.0471 e. The van der Waals surface area contributed by atoms with Crippen LogP contribution in [0.25, 0.3) is 0 Å². The van der Waals surface area contributed by atoms with Gasteiger partial charge in [-0.1, -0.05) is 32.3 Å². The fourth-order valence-electron chi connectivity index (χ4n) is 4.14. The van der Waals surface area contributed by atoms with Crippen LogP contribution >= 0.6 is 0 Å². The summed E-state index contributed by atoms with van der Waals surface area (Å²) in [7, 11) is 0. The van der Waals surface area contributed by atoms with Crippen LogP contribution in [0.4, 0.5) is 0 Å². The van der Waals surface area contributed by atoms with Gasteiger partial charge in [0.2, 0.25) is 0 Å². The monoisotopic (exact) mass is 346 g/mol. The van der Waals surface area contributed by atoms with E-state index in [0.29, 0.717) is 5.41 Å². The molecule has 1 aliphatic rings. The number of hydrogen-bond acceptors (Lipinski definition) is 3. The second-order valence-electron chi connectivity index (χ2n) is 8.32. The summed E-state index contributed by atoms with van der Waals surface area (Å²) in [6.07, 6.45) is 9.89. The zero-order valence-electron chi connectivity index (χ0n) is 17.1. The molecule has 2 heterocycles. The van der Waals surface area contributed by atoms with Crippen molar-refractivity contribution in [3.63, 3.8) is 0 Å². The molecule has 1 fully saturated rings. The molecule has 0 aliphatic carbocycles. The molecule has 25 heavy (non-hydrogen) atoms. The summed E-state index contributed by atoms with van der Waals surface area (Å²) < 4.78 is 5.72. The zero-order valence-corrected chi connectivity index (χ0v) is 17.1. The molecule has 0 aromatic carbocycles. The summed E-state index contributed by atoms with van der Waals surface area (Å²) in [5.41, 5.74) is 2.89. The third-order valence-corrected chi connectivity index (χ3v) is 6.14. The number of likely N-dealkylation sites (tertiary alicyclic amines) is 1. The van der Waals surface area contributed by atoms with Crippen molar-refractivity contribution in [1.29, 1.82) is 0 Å². The van der Waals surface area contributed by atoms with Crippen LogP contribution in [0.15, 0.2) is 18.3 Å². The Kier molecular flexibility index (Phi) is 7.45. The van der Waals surface area contributed by atoms with Gasteiger partial charge in [0, 0.05) is 37.2 Å². The zero-order chi connectivity index (χ0) is 18.3. The third-order valence-electron chi connectivity index (χ3n) is 6.14. The van der Waals surface area contributed by atoms with Crippen molar-refractivity contribution >= 4 is 0 Å². The lowest BCUT2D eigenvalue weighted by atomic mass is 9.78. The summed E-state index contributed by atoms with van der Waals surface area (Å²) in [5, 5.41) is 0. The molecule has 1 saturated heterocycles. The minimum absolute atomic E-state index is 0.0405. The van der Waals surface area contributed by atoms with Crippen molar-refractivity contribution in [1.82, 2.24) is 9.88 Å². The molecular formula is C22H38N2O. The first-order valence-corrected chi connectivity index (χ1v) is 10.2. The largest absolute Gasteiger partial charge is 0.382 e. The van der Waals surface area contributed by atoms with Crippen molar-refractivity contribution < 1.29 is 4.74 Å². The van der Waals surface area contributed by atoms with Gasteiger partial charge in [-0.25, -0.2) is 0 Å². The van der Waals surface area contributed by atoms with Gasteiger partial charge in [-0.05, 0) is 70.5 Å². The Morgan fingerprint density at radius 2 is 2.00 bits per heavy atom. The lowest BCUT2D eigenvalue weighted by molar-refractivity contribution is 0.0821. The Labute approximate surface area is 155 Å². The highest BCUT2D eigenvalue weighted by molar-refractivity contribution is 5.22. The Balaban J connectivity index is 2.08. The molecule has 3 nitrogen and oxygen atoms in total. The minimum atomic E-state index is 0.0405. The first kappa shape index (κ1) is 20.4. The predicted octanol–water partition coefficient (Wildman–Crippen LogP) is 5.32. The number of nitrogens with zero attached hydrogens (tertiary/aromatic N) is 2. The number of aromatic nitrogens is 1. The van der Waals surface area contributed by atoms with Crippen LogP contribution in [0.5, 0.6) is 0 Å². The maximum atomic E-state index is 5.72. The Morgan fingerprint density at radius 1 is 1.20 bits per heavy atom. The fraction of sp³-hybridized carbons (Fsp3) is 0.773. The van der Waals surface area contributed by atoms with Crippen LogP contribution in [0.2, 0.25) is 0 Å². The molecule has 0 saturated carbocycles. The molecule has 0 bridgehead atoms. The molecule has 2 rings (SSSR count). The van der Waals surface area contributed by atoms with E-state index in [0.717, 1.165) is 18.9 Å². The number of aryl methyl sites for hydroxylation is 1. The number of rotatable bonds is 10. The van der Waals surface area contributed by atoms with Crippen LogP contribution < -0.4 is 0 Å². The standard InChI is InChI=1S/C22H38N2O/c1-6-8-9-12-22(14-16-25-7-2)13-15-24(18-22)21(4,5)20-11-10-19(3)23-17-20/h10-11,17H,6-9,12-16,18H2,1-5H3/t22-/m0/s1. The molecular weight excluding hydrogens is 308 g/mol. The Morgan fingerprint density at radius 3 is 2.64 bits per heavy atom. The van der Waals surface area contributed by atoms with Crippen molar-refractivity contribution in [3.8, 4) is 0 Å². The van der Waals surface area contributed by atoms with E-state index < -0.39 is 0 Å². The van der Waals surface area contributed by atoms with Crippen LogP contribution in [0, 0.1) is 12.3 Å². The lowest BCUT2D eigenvalue weighted by Crippen LogP contribution is -2.41. The third kappa shape index (κ3) is 5.27. The second kappa shape index (κ2) is 9.14. The second-order valence-corrected chi connectivity index (χ2v) is 8.32. The Hall–Kier alpha value is -0.930. The molecule has 0 radical (unpaired) electrons. The first-order chi connectivity index (χ1) is 11.9. The Bertz CT molecular complexity index is 499. The van der Waals surface area contributed by atoms with E-state index in [1.54, 1.807) is 0 Å². The maximum absolute atomic E-state index is 5.72. The first-order valence-electron chi connectivity index (χ1n) is 10.2. The summed E-state index contributed by atoms with van der Waals surface area (Å²) in [6, 6.07) is 4.39. The van der Waals surface area contributed by atoms with Crippen LogP contribution in [-0.4, -0.2) is 36.2 Å². The number of hydrogen-bond donors (Lipinski definition) is 0. The van der Waals surface area contributed by atoms with Crippen LogP contribution in [0.3, 0.4) is 0 Å². The van der Waals surface area contributed by atoms with Gasteiger partial charge >= 0.3 is 0 Å². The highest BCUT2D eigenvalue weighted by atomic mass is 16.5.